The predicted octanol–water partition coefficient (Wildman–Crippen LogP) is 5.67. The van der Waals surface area contributed by atoms with Crippen LogP contribution >= 0.6 is 23.2 Å². The number of carbonyl (C=O) groups excluding carboxylic acids is 3. The number of nitrogens with one attached hydrogen (secondary N) is 1. The first kappa shape index (κ1) is 24.3. The molecule has 0 radical (unpaired) electrons. The maximum Gasteiger partial charge on any atom is 0.338 e. The number of ketones is 1. The molecule has 0 aromatic heterocycles. The number of ether oxygens (including phenoxy) is 2. The van der Waals surface area contributed by atoms with Crippen LogP contribution in [-0.2, 0) is 9.53 Å². The lowest BCUT2D eigenvalue weighted by Crippen LogP contribution is -2.20. The lowest BCUT2D eigenvalue weighted by molar-refractivity contribution is -0.118. The third-order valence-electron chi connectivity index (χ3n) is 4.82. The smallest absolute Gasteiger partial charge is 0.338 e. The van der Waals surface area contributed by atoms with Crippen LogP contribution in [0.2, 0.25) is 10.0 Å². The molecule has 3 aromatic rings. The maximum atomic E-state index is 12.3. The molecule has 0 spiro atoms. The van der Waals surface area contributed by atoms with Crippen LogP contribution in [0.15, 0.2) is 60.7 Å². The molecular formula is C25H21Cl2NO5. The van der Waals surface area contributed by atoms with Gasteiger partial charge in [0.05, 0.1) is 10.6 Å². The number of carbonyl (C=O) groups is 3. The number of hydrogen-bond acceptors (Lipinski definition) is 5. The van der Waals surface area contributed by atoms with Crippen molar-refractivity contribution in [3.63, 3.8) is 0 Å². The van der Waals surface area contributed by atoms with Crippen molar-refractivity contribution in [2.75, 3.05) is 18.5 Å². The Kier molecular flexibility index (Phi) is 8.09. The lowest BCUT2D eigenvalue weighted by atomic mass is 10.0. The van der Waals surface area contributed by atoms with E-state index in [-0.39, 0.29) is 24.6 Å². The number of hydrogen-bond donors (Lipinski definition) is 1. The van der Waals surface area contributed by atoms with Crippen LogP contribution in [0.4, 0.5) is 5.69 Å². The Balaban J connectivity index is 1.49. The topological polar surface area (TPSA) is 81.7 Å². The van der Waals surface area contributed by atoms with Crippen molar-refractivity contribution < 1.29 is 23.9 Å². The van der Waals surface area contributed by atoms with Gasteiger partial charge in [-0.3, -0.25) is 9.59 Å². The van der Waals surface area contributed by atoms with E-state index in [9.17, 15) is 14.4 Å². The van der Waals surface area contributed by atoms with E-state index in [0.29, 0.717) is 27.0 Å². The second kappa shape index (κ2) is 11.0. The number of anilines is 1. The molecule has 0 unspecified atom stereocenters. The molecule has 170 valence electrons. The van der Waals surface area contributed by atoms with E-state index in [1.54, 1.807) is 36.4 Å². The molecule has 0 aliphatic rings. The van der Waals surface area contributed by atoms with E-state index < -0.39 is 11.9 Å². The average molecular weight is 486 g/mol. The molecule has 33 heavy (non-hydrogen) atoms. The van der Waals surface area contributed by atoms with Crippen molar-refractivity contribution in [3.05, 3.63) is 93.0 Å². The molecule has 1 amide bonds. The first-order chi connectivity index (χ1) is 15.7. The SMILES string of the molecule is Cc1ccc(C(=O)COC(=O)c2ccc(NC(=O)COc3ccc(Cl)cc3Cl)cc2)cc1C. The summed E-state index contributed by atoms with van der Waals surface area (Å²) in [7, 11) is 0. The highest BCUT2D eigenvalue weighted by Crippen LogP contribution is 2.27. The minimum absolute atomic E-state index is 0.255. The monoisotopic (exact) mass is 485 g/mol. The summed E-state index contributed by atoms with van der Waals surface area (Å²) in [4.78, 5) is 36.6. The van der Waals surface area contributed by atoms with Gasteiger partial charge in [0.1, 0.15) is 5.75 Å². The second-order valence-corrected chi connectivity index (χ2v) is 8.13. The van der Waals surface area contributed by atoms with Crippen LogP contribution in [-0.4, -0.2) is 30.9 Å². The molecule has 1 N–H and O–H groups in total. The van der Waals surface area contributed by atoms with E-state index in [2.05, 4.69) is 5.32 Å². The third-order valence-corrected chi connectivity index (χ3v) is 5.35. The highest BCUT2D eigenvalue weighted by molar-refractivity contribution is 6.35. The van der Waals surface area contributed by atoms with Gasteiger partial charge >= 0.3 is 5.97 Å². The van der Waals surface area contributed by atoms with Gasteiger partial charge in [0.25, 0.3) is 5.91 Å². The minimum atomic E-state index is -0.634. The quantitative estimate of drug-likeness (QED) is 0.328. The van der Waals surface area contributed by atoms with E-state index in [0.717, 1.165) is 11.1 Å². The summed E-state index contributed by atoms with van der Waals surface area (Å²) in [5.41, 5.74) is 3.28. The zero-order valence-electron chi connectivity index (χ0n) is 18.0. The van der Waals surface area contributed by atoms with Gasteiger partial charge in [0, 0.05) is 16.3 Å². The number of Topliss-reactive ketones (excluding diaryl/α,β-unsaturated/α-hetero) is 1. The molecule has 0 saturated heterocycles. The molecule has 0 heterocycles. The Morgan fingerprint density at radius 1 is 0.818 bits per heavy atom. The molecule has 0 aliphatic heterocycles. The third kappa shape index (κ3) is 6.81. The molecule has 8 heteroatoms. The Bertz CT molecular complexity index is 1190. The first-order valence-electron chi connectivity index (χ1n) is 9.98. The number of aryl methyl sites for hydroxylation is 2. The van der Waals surface area contributed by atoms with Gasteiger partial charge < -0.3 is 14.8 Å². The van der Waals surface area contributed by atoms with Crippen molar-refractivity contribution >= 4 is 46.5 Å². The Hall–Kier alpha value is -3.35. The van der Waals surface area contributed by atoms with E-state index in [4.69, 9.17) is 32.7 Å². The highest BCUT2D eigenvalue weighted by Gasteiger charge is 2.13. The van der Waals surface area contributed by atoms with Crippen LogP contribution < -0.4 is 10.1 Å². The Morgan fingerprint density at radius 2 is 1.52 bits per heavy atom. The van der Waals surface area contributed by atoms with E-state index in [1.165, 1.54) is 18.2 Å². The molecule has 3 rings (SSSR count). The zero-order chi connectivity index (χ0) is 24.0. The molecule has 6 nitrogen and oxygen atoms in total. The van der Waals surface area contributed by atoms with E-state index in [1.807, 2.05) is 19.9 Å². The molecule has 0 fully saturated rings. The maximum absolute atomic E-state index is 12.3. The van der Waals surface area contributed by atoms with Crippen LogP contribution in [0.25, 0.3) is 0 Å². The Labute approximate surface area is 201 Å². The fourth-order valence-corrected chi connectivity index (χ4v) is 3.30. The predicted molar refractivity (Wildman–Crippen MR) is 128 cm³/mol. The molecule has 0 atom stereocenters. The first-order valence-corrected chi connectivity index (χ1v) is 10.7. The molecule has 0 aliphatic carbocycles. The van der Waals surface area contributed by atoms with E-state index >= 15 is 0 Å². The number of halogens is 2. The molecular weight excluding hydrogens is 465 g/mol. The lowest BCUT2D eigenvalue weighted by Gasteiger charge is -2.10. The van der Waals surface area contributed by atoms with Gasteiger partial charge in [-0.2, -0.15) is 0 Å². The van der Waals surface area contributed by atoms with Crippen molar-refractivity contribution in [3.8, 4) is 5.75 Å². The average Bonchev–Trinajstić information content (AvgIpc) is 2.79. The summed E-state index contributed by atoms with van der Waals surface area (Å²) in [5, 5.41) is 3.41. The molecule has 3 aromatic carbocycles. The number of benzene rings is 3. The summed E-state index contributed by atoms with van der Waals surface area (Å²) < 4.78 is 10.5. The van der Waals surface area contributed by atoms with Gasteiger partial charge in [-0.05, 0) is 73.5 Å². The molecule has 0 saturated carbocycles. The van der Waals surface area contributed by atoms with Gasteiger partial charge in [-0.25, -0.2) is 4.79 Å². The summed E-state index contributed by atoms with van der Waals surface area (Å²) in [5.74, 6) is -0.984. The van der Waals surface area contributed by atoms with Crippen molar-refractivity contribution in [2.45, 2.75) is 13.8 Å². The highest BCUT2D eigenvalue weighted by atomic mass is 35.5. The largest absolute Gasteiger partial charge is 0.482 e. The fraction of sp³-hybridized carbons (Fsp3) is 0.160. The van der Waals surface area contributed by atoms with Gasteiger partial charge in [0.15, 0.2) is 19.0 Å². The van der Waals surface area contributed by atoms with Crippen LogP contribution in [0.3, 0.4) is 0 Å². The second-order valence-electron chi connectivity index (χ2n) is 7.29. The van der Waals surface area contributed by atoms with Crippen LogP contribution in [0, 0.1) is 13.8 Å². The zero-order valence-corrected chi connectivity index (χ0v) is 19.5. The number of rotatable bonds is 8. The van der Waals surface area contributed by atoms with Crippen molar-refractivity contribution in [1.82, 2.24) is 0 Å². The van der Waals surface area contributed by atoms with Crippen LogP contribution in [0.5, 0.6) is 5.75 Å². The fourth-order valence-electron chi connectivity index (χ4n) is 2.83. The normalized spacial score (nSPS) is 10.4. The van der Waals surface area contributed by atoms with Crippen molar-refractivity contribution in [1.29, 1.82) is 0 Å². The number of esters is 1. The van der Waals surface area contributed by atoms with Crippen LogP contribution in [0.1, 0.15) is 31.8 Å². The summed E-state index contributed by atoms with van der Waals surface area (Å²) in [6.45, 7) is 3.26. The Morgan fingerprint density at radius 3 is 2.18 bits per heavy atom. The van der Waals surface area contributed by atoms with Crippen molar-refractivity contribution in [2.24, 2.45) is 0 Å². The van der Waals surface area contributed by atoms with Gasteiger partial charge in [0.2, 0.25) is 0 Å². The minimum Gasteiger partial charge on any atom is -0.482 e. The summed E-state index contributed by atoms with van der Waals surface area (Å²) in [6.07, 6.45) is 0. The standard InChI is InChI=1S/C25H21Cl2NO5/c1-15-3-4-18(11-16(15)2)22(29)13-33-25(31)17-5-8-20(9-6-17)28-24(30)14-32-23-10-7-19(26)12-21(23)27/h3-12H,13-14H2,1-2H3,(H,28,30). The summed E-state index contributed by atoms with van der Waals surface area (Å²) >= 11 is 11.8. The summed E-state index contributed by atoms with van der Waals surface area (Å²) in [6, 6.07) is 16.1. The van der Waals surface area contributed by atoms with Gasteiger partial charge in [-0.15, -0.1) is 0 Å². The molecule has 0 bridgehead atoms. The van der Waals surface area contributed by atoms with Gasteiger partial charge in [-0.1, -0.05) is 35.3 Å². The number of amides is 1.